The summed E-state index contributed by atoms with van der Waals surface area (Å²) in [5, 5.41) is 9.08. The minimum atomic E-state index is 0.0462. The van der Waals surface area contributed by atoms with Crippen LogP contribution in [-0.2, 0) is 6.54 Å². The maximum absolute atomic E-state index is 11.9. The van der Waals surface area contributed by atoms with E-state index in [1.54, 1.807) is 13.8 Å². The Hall–Kier alpha value is -3.86. The van der Waals surface area contributed by atoms with E-state index in [1.165, 1.54) is 32.1 Å². The fourth-order valence-corrected chi connectivity index (χ4v) is 4.86. The molecule has 0 saturated heterocycles. The summed E-state index contributed by atoms with van der Waals surface area (Å²) in [6.45, 7) is 8.33. The van der Waals surface area contributed by atoms with Gasteiger partial charge in [0.15, 0.2) is 11.6 Å². The van der Waals surface area contributed by atoms with E-state index in [1.807, 2.05) is 59.4 Å². The third-order valence-corrected chi connectivity index (χ3v) is 7.02. The molecule has 5 heteroatoms. The van der Waals surface area contributed by atoms with Gasteiger partial charge in [-0.1, -0.05) is 105 Å². The lowest BCUT2D eigenvalue weighted by atomic mass is 9.87. The molecule has 4 rings (SSSR count). The quantitative estimate of drug-likeness (QED) is 0.143. The normalized spacial score (nSPS) is 11.1. The zero-order valence-electron chi connectivity index (χ0n) is 23.0. The summed E-state index contributed by atoms with van der Waals surface area (Å²) in [5.41, 5.74) is 8.41. The molecule has 196 valence electrons. The van der Waals surface area contributed by atoms with Crippen LogP contribution in [0.5, 0.6) is 0 Å². The first-order valence-electron chi connectivity index (χ1n) is 13.6. The second kappa shape index (κ2) is 12.6. The van der Waals surface area contributed by atoms with Crippen molar-refractivity contribution in [3.05, 3.63) is 83.6 Å². The van der Waals surface area contributed by atoms with Crippen LogP contribution in [0.15, 0.2) is 66.9 Å². The van der Waals surface area contributed by atoms with Gasteiger partial charge in [-0.15, -0.1) is 5.10 Å². The zero-order chi connectivity index (χ0) is 27.1. The number of nitrogens with zero attached hydrogens (tertiary/aromatic N) is 3. The fraction of sp³-hybridized carbons (Fsp3) is 0.333. The average molecular weight is 508 g/mol. The van der Waals surface area contributed by atoms with Crippen molar-refractivity contribution in [3.8, 4) is 33.5 Å². The Kier molecular flexibility index (Phi) is 9.01. The van der Waals surface area contributed by atoms with Crippen LogP contribution >= 0.6 is 0 Å². The Morgan fingerprint density at radius 3 is 1.74 bits per heavy atom. The van der Waals surface area contributed by atoms with Crippen molar-refractivity contribution in [1.82, 2.24) is 15.0 Å². The number of rotatable bonds is 12. The predicted octanol–water partition coefficient (Wildman–Crippen LogP) is 8.35. The van der Waals surface area contributed by atoms with Crippen LogP contribution in [-0.4, -0.2) is 26.6 Å². The number of hydrogen-bond donors (Lipinski definition) is 0. The molecule has 4 aromatic rings. The van der Waals surface area contributed by atoms with Crippen molar-refractivity contribution in [2.45, 2.75) is 72.8 Å². The molecule has 0 unspecified atom stereocenters. The highest BCUT2D eigenvalue weighted by Crippen LogP contribution is 2.40. The average Bonchev–Trinajstić information content (AvgIpc) is 3.38. The van der Waals surface area contributed by atoms with Gasteiger partial charge in [0.1, 0.15) is 5.69 Å². The van der Waals surface area contributed by atoms with Crippen molar-refractivity contribution in [2.24, 2.45) is 0 Å². The minimum absolute atomic E-state index is 0.0462. The number of benzene rings is 3. The summed E-state index contributed by atoms with van der Waals surface area (Å²) < 4.78 is 1.94. The lowest BCUT2D eigenvalue weighted by molar-refractivity contribution is 0.100. The molecule has 0 atom stereocenters. The summed E-state index contributed by atoms with van der Waals surface area (Å²) in [7, 11) is 0. The number of aryl methyl sites for hydroxylation is 2. The van der Waals surface area contributed by atoms with E-state index in [9.17, 15) is 9.59 Å². The molecule has 0 aliphatic rings. The van der Waals surface area contributed by atoms with Gasteiger partial charge in [0, 0.05) is 23.2 Å². The number of aromatic nitrogens is 3. The van der Waals surface area contributed by atoms with Gasteiger partial charge >= 0.3 is 0 Å². The third kappa shape index (κ3) is 6.52. The molecule has 1 aromatic heterocycles. The molecule has 0 aliphatic heterocycles. The van der Waals surface area contributed by atoms with Crippen LogP contribution < -0.4 is 0 Å². The number of hydrogen-bond acceptors (Lipinski definition) is 4. The van der Waals surface area contributed by atoms with E-state index in [0.29, 0.717) is 11.1 Å². The molecular formula is C33H37N3O2. The molecule has 0 fully saturated rings. The maximum Gasteiger partial charge on any atom is 0.159 e. The molecule has 38 heavy (non-hydrogen) atoms. The minimum Gasteiger partial charge on any atom is -0.295 e. The standard InChI is InChI=1S/C33H37N3O2/c1-5-6-7-8-9-10-19-36-22-32(34-35-36)33-30(28-15-11-26(12-16-28)24(3)37)20-23(2)21-31(33)29-17-13-27(14-18-29)25(4)38/h11-18,20-22H,5-10,19H2,1-4H3. The zero-order valence-corrected chi connectivity index (χ0v) is 23.0. The number of unbranched alkanes of at least 4 members (excludes halogenated alkanes) is 5. The van der Waals surface area contributed by atoms with Crippen molar-refractivity contribution < 1.29 is 9.59 Å². The van der Waals surface area contributed by atoms with E-state index in [2.05, 4.69) is 36.3 Å². The lowest BCUT2D eigenvalue weighted by Crippen LogP contribution is -1.98. The van der Waals surface area contributed by atoms with Gasteiger partial charge < -0.3 is 0 Å². The summed E-state index contributed by atoms with van der Waals surface area (Å²) in [5.74, 6) is 0.0924. The summed E-state index contributed by atoms with van der Waals surface area (Å²) in [6.07, 6.45) is 9.42. The van der Waals surface area contributed by atoms with E-state index in [0.717, 1.165) is 52.0 Å². The van der Waals surface area contributed by atoms with Crippen molar-refractivity contribution >= 4 is 11.6 Å². The van der Waals surface area contributed by atoms with Crippen LogP contribution in [0, 0.1) is 6.92 Å². The summed E-state index contributed by atoms with van der Waals surface area (Å²) in [6, 6.07) is 19.8. The molecule has 1 heterocycles. The highest BCUT2D eigenvalue weighted by Gasteiger charge is 2.19. The smallest absolute Gasteiger partial charge is 0.159 e. The van der Waals surface area contributed by atoms with Gasteiger partial charge in [0.2, 0.25) is 0 Å². The van der Waals surface area contributed by atoms with Gasteiger partial charge in [-0.05, 0) is 55.0 Å². The molecule has 0 bridgehead atoms. The topological polar surface area (TPSA) is 64.8 Å². The third-order valence-electron chi connectivity index (χ3n) is 7.02. The first-order valence-corrected chi connectivity index (χ1v) is 13.6. The van der Waals surface area contributed by atoms with Crippen LogP contribution in [0.2, 0.25) is 0 Å². The van der Waals surface area contributed by atoms with Crippen molar-refractivity contribution in [2.75, 3.05) is 0 Å². The maximum atomic E-state index is 11.9. The van der Waals surface area contributed by atoms with Crippen molar-refractivity contribution in [3.63, 3.8) is 0 Å². The monoisotopic (exact) mass is 507 g/mol. The van der Waals surface area contributed by atoms with Crippen LogP contribution in [0.1, 0.15) is 85.6 Å². The summed E-state index contributed by atoms with van der Waals surface area (Å²) >= 11 is 0. The fourth-order valence-electron chi connectivity index (χ4n) is 4.86. The van der Waals surface area contributed by atoms with E-state index < -0.39 is 0 Å². The predicted molar refractivity (Wildman–Crippen MR) is 154 cm³/mol. The molecule has 0 saturated carbocycles. The first kappa shape index (κ1) is 27.2. The Bertz CT molecular complexity index is 1320. The van der Waals surface area contributed by atoms with E-state index in [4.69, 9.17) is 0 Å². The van der Waals surface area contributed by atoms with E-state index in [-0.39, 0.29) is 11.6 Å². The highest BCUT2D eigenvalue weighted by atomic mass is 16.1. The van der Waals surface area contributed by atoms with Gasteiger partial charge in [-0.2, -0.15) is 0 Å². The molecule has 3 aromatic carbocycles. The SMILES string of the molecule is CCCCCCCCn1cc(-c2c(-c3ccc(C(C)=O)cc3)cc(C)cc2-c2ccc(C(C)=O)cc2)nn1. The molecule has 0 spiro atoms. The van der Waals surface area contributed by atoms with E-state index >= 15 is 0 Å². The molecular weight excluding hydrogens is 470 g/mol. The molecule has 5 nitrogen and oxygen atoms in total. The Labute approximate surface area is 225 Å². The highest BCUT2D eigenvalue weighted by molar-refractivity contribution is 5.98. The lowest BCUT2D eigenvalue weighted by Gasteiger charge is -2.16. The Balaban J connectivity index is 1.75. The van der Waals surface area contributed by atoms with Gasteiger partial charge in [0.05, 0.1) is 6.20 Å². The number of Topliss-reactive ketones (excluding diaryl/α,β-unsaturated/α-hetero) is 2. The largest absolute Gasteiger partial charge is 0.295 e. The number of ketones is 2. The Morgan fingerprint density at radius 2 is 1.24 bits per heavy atom. The van der Waals surface area contributed by atoms with Gasteiger partial charge in [-0.25, -0.2) is 0 Å². The van der Waals surface area contributed by atoms with Gasteiger partial charge in [-0.3, -0.25) is 14.3 Å². The van der Waals surface area contributed by atoms with Crippen molar-refractivity contribution in [1.29, 1.82) is 0 Å². The number of carbonyl (C=O) groups excluding carboxylic acids is 2. The Morgan fingerprint density at radius 1 is 0.737 bits per heavy atom. The molecule has 0 radical (unpaired) electrons. The van der Waals surface area contributed by atoms with Crippen LogP contribution in [0.4, 0.5) is 0 Å². The molecule has 0 N–H and O–H groups in total. The summed E-state index contributed by atoms with van der Waals surface area (Å²) in [4.78, 5) is 23.7. The number of carbonyl (C=O) groups is 2. The second-order valence-electron chi connectivity index (χ2n) is 10.1. The van der Waals surface area contributed by atoms with Gasteiger partial charge in [0.25, 0.3) is 0 Å². The van der Waals surface area contributed by atoms with Crippen LogP contribution in [0.25, 0.3) is 33.5 Å². The molecule has 0 aliphatic carbocycles. The van der Waals surface area contributed by atoms with Crippen LogP contribution in [0.3, 0.4) is 0 Å². The molecule has 0 amide bonds. The first-order chi connectivity index (χ1) is 18.4. The second-order valence-corrected chi connectivity index (χ2v) is 10.1.